The Labute approximate surface area is 73.8 Å². The van der Waals surface area contributed by atoms with Crippen LogP contribution >= 0.6 is 0 Å². The van der Waals surface area contributed by atoms with Crippen LogP contribution in [0.5, 0.6) is 0 Å². The molecule has 0 heterocycles. The predicted octanol–water partition coefficient (Wildman–Crippen LogP) is -1.33. The number of nitrogens with two attached hydrogens (primary N) is 1. The van der Waals surface area contributed by atoms with Gasteiger partial charge < -0.3 is 20.9 Å². The molecule has 0 aromatic rings. The summed E-state index contributed by atoms with van der Waals surface area (Å²) >= 11 is 0. The molecule has 0 saturated carbocycles. The molecule has 0 saturated heterocycles. The monoisotopic (exact) mass is 190 g/mol. The van der Waals surface area contributed by atoms with E-state index in [-0.39, 0.29) is 0 Å². The van der Waals surface area contributed by atoms with Crippen molar-refractivity contribution in [3.05, 3.63) is 0 Å². The number of carboxylic acids is 1. The first kappa shape index (κ1) is 11.2. The second-order valence-corrected chi connectivity index (χ2v) is 2.19. The molecule has 0 aliphatic heterocycles. The maximum atomic E-state index is 10.6. The van der Waals surface area contributed by atoms with Crippen molar-refractivity contribution in [2.24, 2.45) is 5.73 Å². The highest BCUT2D eigenvalue weighted by Crippen LogP contribution is 1.91. The average Bonchev–Trinajstić information content (AvgIpc) is 2.02. The van der Waals surface area contributed by atoms with Gasteiger partial charge in [0.1, 0.15) is 6.04 Å². The largest absolute Gasteiger partial charge is 0.481 e. The lowest BCUT2D eigenvalue weighted by Gasteiger charge is -2.11. The van der Waals surface area contributed by atoms with E-state index in [4.69, 9.17) is 10.8 Å². The molecule has 1 atom stereocenters. The van der Waals surface area contributed by atoms with E-state index in [0.29, 0.717) is 0 Å². The van der Waals surface area contributed by atoms with Crippen LogP contribution in [0, 0.1) is 0 Å². The van der Waals surface area contributed by atoms with Crippen molar-refractivity contribution in [2.75, 3.05) is 7.11 Å². The second kappa shape index (κ2) is 4.96. The van der Waals surface area contributed by atoms with Gasteiger partial charge in [-0.05, 0) is 0 Å². The van der Waals surface area contributed by atoms with Crippen LogP contribution in [0.15, 0.2) is 0 Å². The Balaban J connectivity index is 4.18. The van der Waals surface area contributed by atoms with Gasteiger partial charge in [-0.15, -0.1) is 0 Å². The van der Waals surface area contributed by atoms with Crippen molar-refractivity contribution in [1.82, 2.24) is 5.32 Å². The second-order valence-electron chi connectivity index (χ2n) is 2.19. The van der Waals surface area contributed by atoms with Gasteiger partial charge in [0.15, 0.2) is 0 Å². The minimum atomic E-state index is -1.25. The van der Waals surface area contributed by atoms with E-state index in [2.05, 4.69) is 4.74 Å². The summed E-state index contributed by atoms with van der Waals surface area (Å²) in [6, 6.07) is -1.25. The molecule has 0 fully saturated rings. The van der Waals surface area contributed by atoms with Crippen LogP contribution in [-0.4, -0.2) is 36.2 Å². The molecule has 13 heavy (non-hydrogen) atoms. The van der Waals surface area contributed by atoms with E-state index >= 15 is 0 Å². The fourth-order valence-electron chi connectivity index (χ4n) is 0.599. The molecule has 0 aromatic heterocycles. The lowest BCUT2D eigenvalue weighted by molar-refractivity contribution is -0.139. The standard InChI is InChI=1S/C6H10N2O5/c1-13-6(12)8-3(5(7)11)2-4(9)10/h3H,2H2,1H3,(H2,7,11)(H,8,12)(H,9,10). The van der Waals surface area contributed by atoms with Crippen LogP contribution in [0.2, 0.25) is 0 Å². The van der Waals surface area contributed by atoms with Gasteiger partial charge in [-0.2, -0.15) is 0 Å². The molecule has 0 aromatic carbocycles. The van der Waals surface area contributed by atoms with Crippen molar-refractivity contribution >= 4 is 18.0 Å². The summed E-state index contributed by atoms with van der Waals surface area (Å²) in [5, 5.41) is 10.3. The molecule has 0 rings (SSSR count). The van der Waals surface area contributed by atoms with Crippen molar-refractivity contribution < 1.29 is 24.2 Å². The van der Waals surface area contributed by atoms with Gasteiger partial charge in [0.2, 0.25) is 5.91 Å². The number of rotatable bonds is 4. The number of carbonyl (C=O) groups excluding carboxylic acids is 2. The summed E-state index contributed by atoms with van der Waals surface area (Å²) in [4.78, 5) is 31.3. The first-order valence-electron chi connectivity index (χ1n) is 3.33. The zero-order valence-corrected chi connectivity index (χ0v) is 6.94. The zero-order valence-electron chi connectivity index (χ0n) is 6.94. The number of carboxylic acid groups (broad SMARTS) is 1. The van der Waals surface area contributed by atoms with Crippen LogP contribution in [0.1, 0.15) is 6.42 Å². The molecule has 0 spiro atoms. The normalized spacial score (nSPS) is 11.5. The maximum absolute atomic E-state index is 10.6. The number of alkyl carbamates (subject to hydrolysis) is 1. The van der Waals surface area contributed by atoms with Gasteiger partial charge >= 0.3 is 12.1 Å². The Morgan fingerprint density at radius 2 is 2.08 bits per heavy atom. The Kier molecular flexibility index (Phi) is 4.28. The van der Waals surface area contributed by atoms with Crippen molar-refractivity contribution in [1.29, 1.82) is 0 Å². The Hall–Kier alpha value is -1.79. The number of ether oxygens (including phenoxy) is 1. The number of hydrogen-bond donors (Lipinski definition) is 3. The van der Waals surface area contributed by atoms with Gasteiger partial charge in [0.25, 0.3) is 0 Å². The third kappa shape index (κ3) is 4.62. The van der Waals surface area contributed by atoms with Crippen LogP contribution in [-0.2, 0) is 14.3 Å². The van der Waals surface area contributed by atoms with Crippen LogP contribution in [0.3, 0.4) is 0 Å². The van der Waals surface area contributed by atoms with Crippen LogP contribution in [0.4, 0.5) is 4.79 Å². The molecule has 7 nitrogen and oxygen atoms in total. The topological polar surface area (TPSA) is 119 Å². The summed E-state index contributed by atoms with van der Waals surface area (Å²) in [5.74, 6) is -2.16. The van der Waals surface area contributed by atoms with Gasteiger partial charge in [-0.25, -0.2) is 4.79 Å². The van der Waals surface area contributed by atoms with Crippen molar-refractivity contribution in [3.8, 4) is 0 Å². The third-order valence-electron chi connectivity index (χ3n) is 1.20. The lowest BCUT2D eigenvalue weighted by atomic mass is 10.2. The fourth-order valence-corrected chi connectivity index (χ4v) is 0.599. The summed E-state index contributed by atoms with van der Waals surface area (Å²) in [6.45, 7) is 0. The van der Waals surface area contributed by atoms with E-state index in [1.807, 2.05) is 5.32 Å². The molecule has 1 unspecified atom stereocenters. The molecule has 2 amide bonds. The third-order valence-corrected chi connectivity index (χ3v) is 1.20. The minimum absolute atomic E-state index is 0.565. The number of primary amides is 1. The molecular formula is C6H10N2O5. The fraction of sp³-hybridized carbons (Fsp3) is 0.500. The van der Waals surface area contributed by atoms with Gasteiger partial charge in [-0.3, -0.25) is 9.59 Å². The number of amides is 2. The summed E-state index contributed by atoms with van der Waals surface area (Å²) in [5.41, 5.74) is 4.82. The number of hydrogen-bond acceptors (Lipinski definition) is 4. The Morgan fingerprint density at radius 1 is 1.54 bits per heavy atom. The molecular weight excluding hydrogens is 180 g/mol. The molecule has 4 N–H and O–H groups in total. The minimum Gasteiger partial charge on any atom is -0.481 e. The smallest absolute Gasteiger partial charge is 0.407 e. The number of aliphatic carboxylic acids is 1. The Bertz CT molecular complexity index is 227. The molecule has 0 radical (unpaired) electrons. The van der Waals surface area contributed by atoms with Gasteiger partial charge in [-0.1, -0.05) is 0 Å². The molecule has 74 valence electrons. The number of carbonyl (C=O) groups is 3. The zero-order chi connectivity index (χ0) is 10.4. The molecule has 7 heteroatoms. The van der Waals surface area contributed by atoms with E-state index in [9.17, 15) is 14.4 Å². The van der Waals surface area contributed by atoms with Crippen molar-refractivity contribution in [2.45, 2.75) is 12.5 Å². The SMILES string of the molecule is COC(=O)NC(CC(=O)O)C(N)=O. The highest BCUT2D eigenvalue weighted by molar-refractivity contribution is 5.87. The van der Waals surface area contributed by atoms with Gasteiger partial charge in [0, 0.05) is 0 Å². The highest BCUT2D eigenvalue weighted by atomic mass is 16.5. The predicted molar refractivity (Wildman–Crippen MR) is 40.8 cm³/mol. The van der Waals surface area contributed by atoms with E-state index in [0.717, 1.165) is 7.11 Å². The first-order chi connectivity index (χ1) is 5.97. The van der Waals surface area contributed by atoms with Gasteiger partial charge in [0.05, 0.1) is 13.5 Å². The van der Waals surface area contributed by atoms with Crippen molar-refractivity contribution in [3.63, 3.8) is 0 Å². The summed E-state index contributed by atoms with van der Waals surface area (Å²) < 4.78 is 4.16. The highest BCUT2D eigenvalue weighted by Gasteiger charge is 2.21. The van der Waals surface area contributed by atoms with E-state index < -0.39 is 30.4 Å². The summed E-state index contributed by atoms with van der Waals surface area (Å²) in [7, 11) is 1.09. The van der Waals surface area contributed by atoms with Crippen LogP contribution in [0.25, 0.3) is 0 Å². The molecule has 0 bridgehead atoms. The number of methoxy groups -OCH3 is 1. The quantitative estimate of drug-likeness (QED) is 0.507. The summed E-state index contributed by atoms with van der Waals surface area (Å²) in [6.07, 6.45) is -1.46. The molecule has 0 aliphatic carbocycles. The van der Waals surface area contributed by atoms with E-state index in [1.165, 1.54) is 0 Å². The lowest BCUT2D eigenvalue weighted by Crippen LogP contribution is -2.45. The van der Waals surface area contributed by atoms with Crippen LogP contribution < -0.4 is 11.1 Å². The van der Waals surface area contributed by atoms with E-state index in [1.54, 1.807) is 0 Å². The molecule has 0 aliphatic rings. The maximum Gasteiger partial charge on any atom is 0.407 e. The Morgan fingerprint density at radius 3 is 2.38 bits per heavy atom. The number of nitrogens with one attached hydrogen (secondary N) is 1. The first-order valence-corrected chi connectivity index (χ1v) is 3.33. The average molecular weight is 190 g/mol.